The van der Waals surface area contributed by atoms with Gasteiger partial charge in [0.2, 0.25) is 5.91 Å². The van der Waals surface area contributed by atoms with Gasteiger partial charge in [0, 0.05) is 17.7 Å². The fourth-order valence-electron chi connectivity index (χ4n) is 2.90. The molecule has 0 aromatic heterocycles. The van der Waals surface area contributed by atoms with Crippen molar-refractivity contribution in [3.05, 3.63) is 0 Å². The van der Waals surface area contributed by atoms with E-state index in [-0.39, 0.29) is 0 Å². The van der Waals surface area contributed by atoms with Crippen molar-refractivity contribution < 1.29 is 4.79 Å². The summed E-state index contributed by atoms with van der Waals surface area (Å²) in [4.78, 5) is 11.8. The van der Waals surface area contributed by atoms with Gasteiger partial charge in [-0.2, -0.15) is 11.8 Å². The van der Waals surface area contributed by atoms with E-state index >= 15 is 0 Å². The van der Waals surface area contributed by atoms with Gasteiger partial charge in [0.25, 0.3) is 0 Å². The monoisotopic (exact) mass is 211 g/mol. The van der Waals surface area contributed by atoms with Gasteiger partial charge in [-0.05, 0) is 43.3 Å². The Morgan fingerprint density at radius 3 is 2.64 bits per heavy atom. The number of thioether (sulfide) groups is 1. The number of nitrogens with one attached hydrogen (secondary N) is 1. The van der Waals surface area contributed by atoms with Crippen molar-refractivity contribution in [1.82, 2.24) is 5.32 Å². The molecule has 1 amide bonds. The van der Waals surface area contributed by atoms with Crippen LogP contribution in [0.5, 0.6) is 0 Å². The van der Waals surface area contributed by atoms with Gasteiger partial charge in [0.15, 0.2) is 0 Å². The first-order valence-corrected chi connectivity index (χ1v) is 6.86. The van der Waals surface area contributed by atoms with Crippen LogP contribution in [0.4, 0.5) is 0 Å². The fourth-order valence-corrected chi connectivity index (χ4v) is 4.05. The Hall–Kier alpha value is -0.180. The summed E-state index contributed by atoms with van der Waals surface area (Å²) in [5.74, 6) is 4.91. The summed E-state index contributed by atoms with van der Waals surface area (Å²) >= 11 is 1.96. The lowest BCUT2D eigenvalue weighted by Crippen LogP contribution is -2.38. The summed E-state index contributed by atoms with van der Waals surface area (Å²) in [6.45, 7) is 0. The molecule has 0 aromatic carbocycles. The predicted octanol–water partition coefficient (Wildman–Crippen LogP) is 1.65. The molecule has 3 aliphatic rings. The largest absolute Gasteiger partial charge is 0.352 e. The van der Waals surface area contributed by atoms with Crippen LogP contribution in [0.1, 0.15) is 25.7 Å². The van der Waals surface area contributed by atoms with Crippen LogP contribution in [-0.4, -0.2) is 23.5 Å². The fraction of sp³-hybridized carbons (Fsp3) is 0.909. The Morgan fingerprint density at radius 1 is 1.21 bits per heavy atom. The number of rotatable bonds is 2. The van der Waals surface area contributed by atoms with Crippen LogP contribution in [0.2, 0.25) is 0 Å². The van der Waals surface area contributed by atoms with Crippen molar-refractivity contribution in [3.8, 4) is 0 Å². The van der Waals surface area contributed by atoms with Crippen LogP contribution in [0.3, 0.4) is 0 Å². The summed E-state index contributed by atoms with van der Waals surface area (Å²) in [5, 5.41) is 3.20. The summed E-state index contributed by atoms with van der Waals surface area (Å²) in [7, 11) is 0. The van der Waals surface area contributed by atoms with E-state index in [1.807, 2.05) is 11.8 Å². The highest BCUT2D eigenvalue weighted by Gasteiger charge is 2.48. The van der Waals surface area contributed by atoms with Gasteiger partial charge >= 0.3 is 0 Å². The van der Waals surface area contributed by atoms with Crippen molar-refractivity contribution in [2.24, 2.45) is 17.8 Å². The highest BCUT2D eigenvalue weighted by Crippen LogP contribution is 2.54. The molecule has 1 N–H and O–H groups in total. The Bertz CT molecular complexity index is 240. The summed E-state index contributed by atoms with van der Waals surface area (Å²) in [6.07, 6.45) is 4.94. The van der Waals surface area contributed by atoms with Crippen molar-refractivity contribution in [2.75, 3.05) is 11.5 Å². The third-order valence-electron chi connectivity index (χ3n) is 3.89. The Balaban J connectivity index is 1.50. The average molecular weight is 211 g/mol. The minimum atomic E-state index is 0.352. The van der Waals surface area contributed by atoms with Crippen LogP contribution in [0.25, 0.3) is 0 Å². The van der Waals surface area contributed by atoms with E-state index in [9.17, 15) is 4.79 Å². The first-order chi connectivity index (χ1) is 6.83. The summed E-state index contributed by atoms with van der Waals surface area (Å²) < 4.78 is 0. The highest BCUT2D eigenvalue weighted by molar-refractivity contribution is 7.99. The van der Waals surface area contributed by atoms with E-state index in [1.165, 1.54) is 31.4 Å². The van der Waals surface area contributed by atoms with E-state index in [0.29, 0.717) is 17.9 Å². The molecule has 1 aliphatic heterocycles. The maximum atomic E-state index is 11.8. The Morgan fingerprint density at radius 2 is 2.00 bits per heavy atom. The topological polar surface area (TPSA) is 29.1 Å². The molecule has 3 heteroatoms. The molecule has 1 heterocycles. The van der Waals surface area contributed by atoms with Crippen LogP contribution < -0.4 is 5.32 Å². The van der Waals surface area contributed by atoms with E-state index < -0.39 is 0 Å². The lowest BCUT2D eigenvalue weighted by molar-refractivity contribution is -0.125. The van der Waals surface area contributed by atoms with Crippen molar-refractivity contribution >= 4 is 17.7 Å². The van der Waals surface area contributed by atoms with Crippen molar-refractivity contribution in [2.45, 2.75) is 31.7 Å². The molecule has 78 valence electrons. The van der Waals surface area contributed by atoms with Gasteiger partial charge in [0.1, 0.15) is 0 Å². The normalized spacial score (nSPS) is 44.9. The van der Waals surface area contributed by atoms with Gasteiger partial charge in [0.05, 0.1) is 0 Å². The maximum absolute atomic E-state index is 11.8. The quantitative estimate of drug-likeness (QED) is 0.752. The second-order valence-corrected chi connectivity index (χ2v) is 6.14. The first kappa shape index (κ1) is 9.08. The Labute approximate surface area is 89.2 Å². The van der Waals surface area contributed by atoms with Crippen molar-refractivity contribution in [3.63, 3.8) is 0 Å². The summed E-state index contributed by atoms with van der Waals surface area (Å²) in [6, 6.07) is 0.476. The summed E-state index contributed by atoms with van der Waals surface area (Å²) in [5.41, 5.74) is 0. The zero-order valence-electron chi connectivity index (χ0n) is 8.37. The molecule has 2 aliphatic carbocycles. The van der Waals surface area contributed by atoms with Gasteiger partial charge < -0.3 is 5.32 Å². The molecule has 0 bridgehead atoms. The molecule has 3 rings (SSSR count). The number of hydrogen-bond acceptors (Lipinski definition) is 2. The molecule has 2 saturated carbocycles. The predicted molar refractivity (Wildman–Crippen MR) is 58.2 cm³/mol. The van der Waals surface area contributed by atoms with E-state index in [2.05, 4.69) is 5.32 Å². The van der Waals surface area contributed by atoms with Crippen LogP contribution in [0.15, 0.2) is 0 Å². The second-order valence-electron chi connectivity index (χ2n) is 4.99. The third-order valence-corrected chi connectivity index (χ3v) is 5.05. The zero-order chi connectivity index (χ0) is 9.54. The molecule has 3 atom stereocenters. The van der Waals surface area contributed by atoms with E-state index in [1.54, 1.807) is 0 Å². The number of amides is 1. The molecule has 0 spiro atoms. The first-order valence-electron chi connectivity index (χ1n) is 5.71. The van der Waals surface area contributed by atoms with Crippen molar-refractivity contribution in [1.29, 1.82) is 0 Å². The molecule has 3 unspecified atom stereocenters. The third kappa shape index (κ3) is 1.67. The SMILES string of the molecule is O=C(NC1CCSC1)C1CC2CC2C1. The molecular formula is C11H17NOS. The standard InChI is InChI=1S/C11H17NOS/c13-11(12-10-1-2-14-6-10)9-4-7-3-8(7)5-9/h7-10H,1-6H2,(H,12,13). The van der Waals surface area contributed by atoms with E-state index in [4.69, 9.17) is 0 Å². The average Bonchev–Trinajstić information content (AvgIpc) is 2.68. The number of hydrogen-bond donors (Lipinski definition) is 1. The molecule has 0 aromatic rings. The minimum Gasteiger partial charge on any atom is -0.352 e. The molecule has 2 nitrogen and oxygen atoms in total. The molecule has 1 saturated heterocycles. The Kier molecular flexibility index (Phi) is 2.23. The zero-order valence-corrected chi connectivity index (χ0v) is 9.19. The smallest absolute Gasteiger partial charge is 0.223 e. The number of carbonyl (C=O) groups is 1. The molecule has 14 heavy (non-hydrogen) atoms. The van der Waals surface area contributed by atoms with Crippen LogP contribution in [0, 0.1) is 17.8 Å². The highest BCUT2D eigenvalue weighted by atomic mass is 32.2. The molecule has 3 fully saturated rings. The number of carbonyl (C=O) groups excluding carboxylic acids is 1. The molecular weight excluding hydrogens is 194 g/mol. The molecule has 0 radical (unpaired) electrons. The van der Waals surface area contributed by atoms with Gasteiger partial charge in [-0.15, -0.1) is 0 Å². The number of fused-ring (bicyclic) bond motifs is 1. The van der Waals surface area contributed by atoms with Gasteiger partial charge in [-0.3, -0.25) is 4.79 Å². The maximum Gasteiger partial charge on any atom is 0.223 e. The van der Waals surface area contributed by atoms with Crippen LogP contribution in [-0.2, 0) is 4.79 Å². The second kappa shape index (κ2) is 3.44. The minimum absolute atomic E-state index is 0.352. The van der Waals surface area contributed by atoms with Crippen LogP contribution >= 0.6 is 11.8 Å². The van der Waals surface area contributed by atoms with Gasteiger partial charge in [-0.1, -0.05) is 0 Å². The van der Waals surface area contributed by atoms with Gasteiger partial charge in [-0.25, -0.2) is 0 Å². The van der Waals surface area contributed by atoms with E-state index in [0.717, 1.165) is 17.6 Å². The lowest BCUT2D eigenvalue weighted by atomic mass is 10.0. The lowest BCUT2D eigenvalue weighted by Gasteiger charge is -2.16.